The maximum atomic E-state index is 6.46. The molecule has 0 aliphatic carbocycles. The Morgan fingerprint density at radius 2 is 0.750 bits per heavy atom. The van der Waals surface area contributed by atoms with Gasteiger partial charge < -0.3 is 25.6 Å². The van der Waals surface area contributed by atoms with Crippen molar-refractivity contribution in [2.24, 2.45) is 0 Å². The molecule has 0 spiro atoms. The van der Waals surface area contributed by atoms with E-state index in [2.05, 4.69) is 0 Å². The van der Waals surface area contributed by atoms with Crippen molar-refractivity contribution < 1.29 is 25.6 Å². The van der Waals surface area contributed by atoms with Crippen molar-refractivity contribution in [2.45, 2.75) is 98.8 Å². The Morgan fingerprint density at radius 3 is 0.875 bits per heavy atom. The van der Waals surface area contributed by atoms with Crippen molar-refractivity contribution in [3.63, 3.8) is 0 Å². The fraction of sp³-hybridized carbons (Fsp3) is 1.00. The van der Waals surface area contributed by atoms with Crippen LogP contribution in [0.5, 0.6) is 0 Å². The van der Waals surface area contributed by atoms with Crippen LogP contribution < -0.4 is 0 Å². The molecule has 0 saturated carbocycles. The lowest BCUT2D eigenvalue weighted by molar-refractivity contribution is -0.0119. The van der Waals surface area contributed by atoms with Gasteiger partial charge in [-0.2, -0.15) is 0 Å². The van der Waals surface area contributed by atoms with Gasteiger partial charge in [-0.05, 0) is 41.5 Å². The van der Waals surface area contributed by atoms with Gasteiger partial charge in [0.15, 0.2) is 0 Å². The van der Waals surface area contributed by atoms with Gasteiger partial charge in [0.25, 0.3) is 0 Å². The summed E-state index contributed by atoms with van der Waals surface area (Å²) in [7, 11) is -8.75. The van der Waals surface area contributed by atoms with E-state index in [1.807, 2.05) is 62.3 Å². The van der Waals surface area contributed by atoms with Crippen LogP contribution in [0.25, 0.3) is 0 Å². The predicted octanol–water partition coefficient (Wildman–Crippen LogP) is 4.20. The van der Waals surface area contributed by atoms with E-state index in [1.165, 1.54) is 0 Å². The molecule has 0 N–H and O–H groups in total. The molecule has 1 saturated heterocycles. The second kappa shape index (κ2) is 8.87. The summed E-state index contributed by atoms with van der Waals surface area (Å²) in [6.07, 6.45) is 0.0415. The molecule has 0 amide bonds. The average molecular weight is 397 g/mol. The van der Waals surface area contributed by atoms with Crippen LogP contribution in [-0.2, 0) is 25.6 Å². The standard InChI is InChI=1S/C15H36O6Si3/c1-10-22(16-13(4)5)19-23(11-2,17-14(6)7)21-24(12-3,20-22)18-15(8)9/h13-15H,10-12H2,1-9H3. The van der Waals surface area contributed by atoms with Crippen LogP contribution in [0.15, 0.2) is 0 Å². The quantitative estimate of drug-likeness (QED) is 0.544. The monoisotopic (exact) mass is 396 g/mol. The molecular weight excluding hydrogens is 360 g/mol. The third-order valence-electron chi connectivity index (χ3n) is 3.48. The highest BCUT2D eigenvalue weighted by Gasteiger charge is 2.66. The van der Waals surface area contributed by atoms with E-state index >= 15 is 0 Å². The van der Waals surface area contributed by atoms with Gasteiger partial charge >= 0.3 is 26.4 Å². The summed E-state index contributed by atoms with van der Waals surface area (Å²) in [5.41, 5.74) is 0. The molecule has 9 heteroatoms. The van der Waals surface area contributed by atoms with Crippen molar-refractivity contribution in [3.05, 3.63) is 0 Å². The number of hydrogen-bond acceptors (Lipinski definition) is 6. The molecule has 1 aliphatic rings. The highest BCUT2D eigenvalue weighted by Crippen LogP contribution is 2.39. The van der Waals surface area contributed by atoms with Gasteiger partial charge in [0, 0.05) is 36.4 Å². The van der Waals surface area contributed by atoms with Crippen LogP contribution in [0, 0.1) is 0 Å². The maximum Gasteiger partial charge on any atom is 0.486 e. The molecular formula is C15H36O6Si3. The summed E-state index contributed by atoms with van der Waals surface area (Å²) in [6, 6.07) is 2.04. The van der Waals surface area contributed by atoms with Crippen LogP contribution in [0.2, 0.25) is 18.1 Å². The molecule has 1 fully saturated rings. The molecule has 0 aromatic carbocycles. The van der Waals surface area contributed by atoms with Crippen molar-refractivity contribution in [1.29, 1.82) is 0 Å². The molecule has 0 bridgehead atoms. The van der Waals surface area contributed by atoms with Gasteiger partial charge in [0.05, 0.1) is 0 Å². The van der Waals surface area contributed by atoms with E-state index in [9.17, 15) is 0 Å². The van der Waals surface area contributed by atoms with Gasteiger partial charge in [-0.15, -0.1) is 0 Å². The lowest BCUT2D eigenvalue weighted by atomic mass is 10.5. The zero-order chi connectivity index (χ0) is 18.6. The van der Waals surface area contributed by atoms with Crippen molar-refractivity contribution >= 4 is 26.4 Å². The lowest BCUT2D eigenvalue weighted by Crippen LogP contribution is -2.73. The highest BCUT2D eigenvalue weighted by molar-refractivity contribution is 6.88. The predicted molar refractivity (Wildman–Crippen MR) is 101 cm³/mol. The van der Waals surface area contributed by atoms with Gasteiger partial charge in [0.2, 0.25) is 0 Å². The third kappa shape index (κ3) is 5.71. The van der Waals surface area contributed by atoms with Crippen molar-refractivity contribution in [1.82, 2.24) is 0 Å². The van der Waals surface area contributed by atoms with E-state index in [0.29, 0.717) is 18.1 Å². The molecule has 1 aliphatic heterocycles. The minimum atomic E-state index is -2.92. The SMILES string of the molecule is CC[Si]1(OC(C)C)O[Si](CC)(OC(C)C)O[Si](CC)(OC(C)C)O1. The van der Waals surface area contributed by atoms with E-state index in [-0.39, 0.29) is 18.3 Å². The number of rotatable bonds is 9. The van der Waals surface area contributed by atoms with E-state index in [4.69, 9.17) is 25.6 Å². The summed E-state index contributed by atoms with van der Waals surface area (Å²) in [5.74, 6) is 0. The maximum absolute atomic E-state index is 6.46. The molecule has 6 nitrogen and oxygen atoms in total. The second-order valence-electron chi connectivity index (χ2n) is 6.92. The molecule has 24 heavy (non-hydrogen) atoms. The first-order valence-corrected chi connectivity index (χ1v) is 15.0. The molecule has 144 valence electrons. The molecule has 0 atom stereocenters. The fourth-order valence-electron chi connectivity index (χ4n) is 2.68. The first-order valence-electron chi connectivity index (χ1n) is 9.19. The molecule has 0 aromatic rings. The third-order valence-corrected chi connectivity index (χ3v) is 16.0. The van der Waals surface area contributed by atoms with Crippen molar-refractivity contribution in [2.75, 3.05) is 0 Å². The Kier molecular flexibility index (Phi) is 8.30. The molecule has 0 aromatic heterocycles. The fourth-order valence-corrected chi connectivity index (χ4v) is 17.3. The topological polar surface area (TPSA) is 55.4 Å². The summed E-state index contributed by atoms with van der Waals surface area (Å²) in [4.78, 5) is 0. The first kappa shape index (κ1) is 22.5. The van der Waals surface area contributed by atoms with E-state index < -0.39 is 26.4 Å². The normalized spacial score (nSPS) is 34.5. The summed E-state index contributed by atoms with van der Waals surface area (Å²) < 4.78 is 38.1. The minimum absolute atomic E-state index is 0.0138. The largest absolute Gasteiger partial charge is 0.486 e. The zero-order valence-corrected chi connectivity index (χ0v) is 19.8. The van der Waals surface area contributed by atoms with Crippen molar-refractivity contribution in [3.8, 4) is 0 Å². The van der Waals surface area contributed by atoms with Crippen LogP contribution in [0.1, 0.15) is 62.3 Å². The summed E-state index contributed by atoms with van der Waals surface area (Å²) >= 11 is 0. The smallest absolute Gasteiger partial charge is 0.372 e. The van der Waals surface area contributed by atoms with Crippen LogP contribution in [-0.4, -0.2) is 44.7 Å². The average Bonchev–Trinajstić information content (AvgIpc) is 2.44. The first-order chi connectivity index (χ1) is 11.1. The number of hydrogen-bond donors (Lipinski definition) is 0. The lowest BCUT2D eigenvalue weighted by Gasteiger charge is -2.50. The summed E-state index contributed by atoms with van der Waals surface area (Å²) in [5, 5.41) is 0. The Balaban J connectivity index is 3.31. The zero-order valence-electron chi connectivity index (χ0n) is 16.8. The van der Waals surface area contributed by atoms with Gasteiger partial charge in [0.1, 0.15) is 0 Å². The van der Waals surface area contributed by atoms with Crippen LogP contribution in [0.3, 0.4) is 0 Å². The second-order valence-corrected chi connectivity index (χ2v) is 16.3. The van der Waals surface area contributed by atoms with E-state index in [1.54, 1.807) is 0 Å². The molecule has 0 unspecified atom stereocenters. The van der Waals surface area contributed by atoms with Gasteiger partial charge in [-0.25, -0.2) is 0 Å². The Bertz CT molecular complexity index is 328. The molecule has 0 radical (unpaired) electrons. The van der Waals surface area contributed by atoms with Gasteiger partial charge in [-0.3, -0.25) is 0 Å². The molecule has 1 heterocycles. The highest BCUT2D eigenvalue weighted by atomic mass is 28.5. The van der Waals surface area contributed by atoms with E-state index in [0.717, 1.165) is 0 Å². The Morgan fingerprint density at radius 1 is 0.542 bits per heavy atom. The Hall–Kier alpha value is 0.411. The molecule has 1 rings (SSSR count). The Labute approximate surface area is 151 Å². The minimum Gasteiger partial charge on any atom is -0.372 e. The van der Waals surface area contributed by atoms with Crippen LogP contribution >= 0.6 is 0 Å². The summed E-state index contributed by atoms with van der Waals surface area (Å²) in [6.45, 7) is 18.2. The van der Waals surface area contributed by atoms with Crippen LogP contribution in [0.4, 0.5) is 0 Å². The van der Waals surface area contributed by atoms with Gasteiger partial charge in [-0.1, -0.05) is 20.8 Å².